The van der Waals surface area contributed by atoms with Crippen molar-refractivity contribution < 1.29 is 22.3 Å². The summed E-state index contributed by atoms with van der Waals surface area (Å²) < 4.78 is 57.9. The Morgan fingerprint density at radius 2 is 1.83 bits per heavy atom. The van der Waals surface area contributed by atoms with Gasteiger partial charge in [0.2, 0.25) is 11.6 Å². The van der Waals surface area contributed by atoms with Gasteiger partial charge in [0, 0.05) is 26.1 Å². The maximum atomic E-state index is 13.5. The van der Waals surface area contributed by atoms with Crippen molar-refractivity contribution in [3.05, 3.63) is 23.5 Å². The second kappa shape index (κ2) is 5.09. The number of anilines is 1. The monoisotopic (exact) mass is 264 g/mol. The van der Waals surface area contributed by atoms with Crippen LogP contribution < -0.4 is 4.90 Å². The van der Waals surface area contributed by atoms with Gasteiger partial charge in [0.05, 0.1) is 6.61 Å². The van der Waals surface area contributed by atoms with Gasteiger partial charge in [-0.25, -0.2) is 0 Å². The Bertz CT molecular complexity index is 429. The van der Waals surface area contributed by atoms with Crippen LogP contribution in [0.4, 0.5) is 23.2 Å². The molecule has 3 nitrogen and oxygen atoms in total. The molecule has 0 aromatic carbocycles. The summed E-state index contributed by atoms with van der Waals surface area (Å²) in [6.07, 6.45) is 0.651. The van der Waals surface area contributed by atoms with E-state index < -0.39 is 29.2 Å². The molecule has 2 rings (SSSR count). The average molecular weight is 264 g/mol. The highest BCUT2D eigenvalue weighted by atomic mass is 19.2. The standard InChI is InChI=1S/C11H12F4N2O/c1-18-5-6-2-3-17(4-6)9-7(12)10(14)16-11(15)8(9)13/h6H,2-5H2,1H3. The molecule has 1 atom stereocenters. The third-order valence-corrected chi connectivity index (χ3v) is 2.98. The SMILES string of the molecule is COCC1CCN(c2c(F)c(F)nc(F)c2F)C1. The van der Waals surface area contributed by atoms with E-state index in [1.807, 2.05) is 0 Å². The van der Waals surface area contributed by atoms with Crippen molar-refractivity contribution in [2.24, 2.45) is 5.92 Å². The predicted octanol–water partition coefficient (Wildman–Crippen LogP) is 2.11. The van der Waals surface area contributed by atoms with Crippen LogP contribution in [-0.2, 0) is 4.74 Å². The number of aromatic nitrogens is 1. The lowest BCUT2D eigenvalue weighted by Crippen LogP contribution is -2.24. The zero-order valence-corrected chi connectivity index (χ0v) is 9.72. The molecule has 2 heterocycles. The summed E-state index contributed by atoms with van der Waals surface area (Å²) in [6.45, 7) is 1.06. The van der Waals surface area contributed by atoms with Gasteiger partial charge in [0.25, 0.3) is 11.9 Å². The van der Waals surface area contributed by atoms with Crippen LogP contribution >= 0.6 is 0 Å². The number of hydrogen-bond acceptors (Lipinski definition) is 3. The third-order valence-electron chi connectivity index (χ3n) is 2.98. The van der Waals surface area contributed by atoms with Gasteiger partial charge < -0.3 is 9.64 Å². The Balaban J connectivity index is 2.29. The van der Waals surface area contributed by atoms with Crippen molar-refractivity contribution in [3.63, 3.8) is 0 Å². The summed E-state index contributed by atoms with van der Waals surface area (Å²) in [7, 11) is 1.52. The van der Waals surface area contributed by atoms with Crippen LogP contribution in [-0.4, -0.2) is 31.8 Å². The molecule has 0 bridgehead atoms. The van der Waals surface area contributed by atoms with Crippen molar-refractivity contribution in [2.75, 3.05) is 31.7 Å². The number of nitrogens with zero attached hydrogens (tertiary/aromatic N) is 2. The smallest absolute Gasteiger partial charge is 0.253 e. The highest BCUT2D eigenvalue weighted by Gasteiger charge is 2.30. The van der Waals surface area contributed by atoms with Crippen LogP contribution in [0.1, 0.15) is 6.42 Å². The molecule has 1 aromatic heterocycles. The molecule has 1 fully saturated rings. The fourth-order valence-corrected chi connectivity index (χ4v) is 2.16. The van der Waals surface area contributed by atoms with Gasteiger partial charge in [-0.2, -0.15) is 22.5 Å². The molecule has 0 radical (unpaired) electrons. The molecule has 1 unspecified atom stereocenters. The van der Waals surface area contributed by atoms with E-state index in [-0.39, 0.29) is 5.92 Å². The van der Waals surface area contributed by atoms with Gasteiger partial charge in [0.1, 0.15) is 5.69 Å². The van der Waals surface area contributed by atoms with Crippen LogP contribution in [0.15, 0.2) is 0 Å². The number of halogens is 4. The van der Waals surface area contributed by atoms with Crippen LogP contribution in [0.25, 0.3) is 0 Å². The number of pyridine rings is 1. The fourth-order valence-electron chi connectivity index (χ4n) is 2.16. The van der Waals surface area contributed by atoms with Gasteiger partial charge in [-0.05, 0) is 6.42 Å². The van der Waals surface area contributed by atoms with Gasteiger partial charge in [-0.1, -0.05) is 0 Å². The van der Waals surface area contributed by atoms with Crippen molar-refractivity contribution in [1.82, 2.24) is 4.98 Å². The molecule has 7 heteroatoms. The van der Waals surface area contributed by atoms with E-state index in [1.54, 1.807) is 0 Å². The molecule has 0 N–H and O–H groups in total. The number of rotatable bonds is 3. The molecule has 100 valence electrons. The van der Waals surface area contributed by atoms with E-state index in [4.69, 9.17) is 4.74 Å². The predicted molar refractivity (Wildman–Crippen MR) is 56.3 cm³/mol. The van der Waals surface area contributed by atoms with E-state index in [0.29, 0.717) is 26.1 Å². The normalized spacial score (nSPS) is 19.6. The molecular formula is C11H12F4N2O. The third kappa shape index (κ3) is 2.27. The van der Waals surface area contributed by atoms with E-state index in [0.717, 1.165) is 0 Å². The summed E-state index contributed by atoms with van der Waals surface area (Å²) in [4.78, 5) is 3.81. The maximum Gasteiger partial charge on any atom is 0.253 e. The quantitative estimate of drug-likeness (QED) is 0.617. The van der Waals surface area contributed by atoms with Gasteiger partial charge in [0.15, 0.2) is 0 Å². The molecule has 1 aliphatic rings. The minimum Gasteiger partial charge on any atom is -0.384 e. The van der Waals surface area contributed by atoms with Crippen molar-refractivity contribution in [1.29, 1.82) is 0 Å². The summed E-state index contributed by atoms with van der Waals surface area (Å²) in [5.74, 6) is -6.06. The molecule has 1 saturated heterocycles. The van der Waals surface area contributed by atoms with Crippen molar-refractivity contribution in [2.45, 2.75) is 6.42 Å². The Kier molecular flexibility index (Phi) is 3.70. The second-order valence-electron chi connectivity index (χ2n) is 4.23. The summed E-state index contributed by atoms with van der Waals surface area (Å²) in [5, 5.41) is 0. The van der Waals surface area contributed by atoms with E-state index >= 15 is 0 Å². The molecule has 0 aliphatic carbocycles. The van der Waals surface area contributed by atoms with Crippen molar-refractivity contribution in [3.8, 4) is 0 Å². The number of hydrogen-bond donors (Lipinski definition) is 0. The summed E-state index contributed by atoms with van der Waals surface area (Å²) in [6, 6.07) is 0. The molecule has 18 heavy (non-hydrogen) atoms. The molecule has 0 spiro atoms. The van der Waals surface area contributed by atoms with E-state index in [1.165, 1.54) is 12.0 Å². The van der Waals surface area contributed by atoms with Crippen LogP contribution in [0, 0.1) is 29.4 Å². The zero-order chi connectivity index (χ0) is 13.3. The molecule has 1 aromatic rings. The largest absolute Gasteiger partial charge is 0.384 e. The first kappa shape index (κ1) is 13.1. The average Bonchev–Trinajstić information content (AvgIpc) is 2.76. The maximum absolute atomic E-state index is 13.5. The van der Waals surface area contributed by atoms with Crippen LogP contribution in [0.2, 0.25) is 0 Å². The Hall–Kier alpha value is -1.37. The van der Waals surface area contributed by atoms with Gasteiger partial charge in [-0.3, -0.25) is 0 Å². The molecule has 0 amide bonds. The lowest BCUT2D eigenvalue weighted by Gasteiger charge is -2.20. The van der Waals surface area contributed by atoms with Crippen molar-refractivity contribution >= 4 is 5.69 Å². The molecule has 1 aliphatic heterocycles. The lowest BCUT2D eigenvalue weighted by molar-refractivity contribution is 0.161. The van der Waals surface area contributed by atoms with E-state index in [2.05, 4.69) is 4.98 Å². The Morgan fingerprint density at radius 1 is 1.22 bits per heavy atom. The molecule has 0 saturated carbocycles. The highest BCUT2D eigenvalue weighted by molar-refractivity contribution is 5.49. The van der Waals surface area contributed by atoms with E-state index in [9.17, 15) is 17.6 Å². The van der Waals surface area contributed by atoms with Gasteiger partial charge in [-0.15, -0.1) is 0 Å². The first-order valence-corrected chi connectivity index (χ1v) is 5.48. The topological polar surface area (TPSA) is 25.4 Å². The number of methoxy groups -OCH3 is 1. The highest BCUT2D eigenvalue weighted by Crippen LogP contribution is 2.30. The minimum atomic E-state index is -1.63. The Labute approximate surface area is 101 Å². The number of ether oxygens (including phenoxy) is 1. The first-order valence-electron chi connectivity index (χ1n) is 5.48. The summed E-state index contributed by atoms with van der Waals surface area (Å²) in [5.41, 5.74) is -0.682. The minimum absolute atomic E-state index is 0.0908. The second-order valence-corrected chi connectivity index (χ2v) is 4.23. The summed E-state index contributed by atoms with van der Waals surface area (Å²) >= 11 is 0. The fraction of sp³-hybridized carbons (Fsp3) is 0.545. The lowest BCUT2D eigenvalue weighted by atomic mass is 10.1. The van der Waals surface area contributed by atoms with Gasteiger partial charge >= 0.3 is 0 Å². The zero-order valence-electron chi connectivity index (χ0n) is 9.72. The van der Waals surface area contributed by atoms with Crippen LogP contribution in [0.3, 0.4) is 0 Å². The Morgan fingerprint density at radius 3 is 2.39 bits per heavy atom. The molecular weight excluding hydrogens is 252 g/mol. The first-order chi connectivity index (χ1) is 8.54. The van der Waals surface area contributed by atoms with Crippen LogP contribution in [0.5, 0.6) is 0 Å².